The summed E-state index contributed by atoms with van der Waals surface area (Å²) in [5.74, 6) is -0.991. The van der Waals surface area contributed by atoms with Crippen LogP contribution in [0.4, 0.5) is 10.5 Å². The van der Waals surface area contributed by atoms with Crippen molar-refractivity contribution in [3.05, 3.63) is 29.3 Å². The van der Waals surface area contributed by atoms with Gasteiger partial charge >= 0.3 is 12.0 Å². The largest absolute Gasteiger partial charge is 0.478 e. The Hall–Kier alpha value is -2.04. The van der Waals surface area contributed by atoms with Gasteiger partial charge in [0.25, 0.3) is 0 Å². The number of carboxylic acids is 1. The van der Waals surface area contributed by atoms with Gasteiger partial charge in [0, 0.05) is 11.2 Å². The number of amides is 2. The fourth-order valence-electron chi connectivity index (χ4n) is 2.71. The van der Waals surface area contributed by atoms with Gasteiger partial charge in [0.15, 0.2) is 0 Å². The number of urea groups is 1. The molecule has 0 bridgehead atoms. The number of carbonyl (C=O) groups excluding carboxylic acids is 1. The number of benzene rings is 1. The van der Waals surface area contributed by atoms with Gasteiger partial charge in [-0.2, -0.15) is 0 Å². The van der Waals surface area contributed by atoms with Gasteiger partial charge in [0.05, 0.1) is 5.56 Å². The first-order valence-electron chi connectivity index (χ1n) is 6.83. The maximum Gasteiger partial charge on any atom is 0.336 e. The van der Waals surface area contributed by atoms with Crippen LogP contribution in [0.1, 0.15) is 48.5 Å². The molecule has 1 aliphatic carbocycles. The standard InChI is InChI=1S/C15H20N2O3/c1-10-11(13(18)19)6-5-7-12(10)16-14(20)17-15(2)8-3-4-9-15/h5-7H,3-4,8-9H2,1-2H3,(H,18,19)(H2,16,17,20). The molecule has 5 heteroatoms. The molecule has 0 spiro atoms. The first-order chi connectivity index (χ1) is 9.41. The van der Waals surface area contributed by atoms with Gasteiger partial charge in [-0.05, 0) is 44.4 Å². The lowest BCUT2D eigenvalue weighted by atomic mass is 10.0. The summed E-state index contributed by atoms with van der Waals surface area (Å²) >= 11 is 0. The SMILES string of the molecule is Cc1c(NC(=O)NC2(C)CCCC2)cccc1C(=O)O. The van der Waals surface area contributed by atoms with Crippen LogP contribution in [0, 0.1) is 6.92 Å². The lowest BCUT2D eigenvalue weighted by molar-refractivity contribution is 0.0696. The van der Waals surface area contributed by atoms with E-state index in [4.69, 9.17) is 5.11 Å². The molecular formula is C15H20N2O3. The van der Waals surface area contributed by atoms with E-state index in [9.17, 15) is 9.59 Å². The van der Waals surface area contributed by atoms with Crippen molar-refractivity contribution in [2.24, 2.45) is 0 Å². The van der Waals surface area contributed by atoms with Crippen LogP contribution < -0.4 is 10.6 Å². The first kappa shape index (κ1) is 14.4. The van der Waals surface area contributed by atoms with Gasteiger partial charge in [-0.3, -0.25) is 0 Å². The van der Waals surface area contributed by atoms with Crippen molar-refractivity contribution >= 4 is 17.7 Å². The van der Waals surface area contributed by atoms with Crippen LogP contribution in [-0.4, -0.2) is 22.6 Å². The molecule has 2 amide bonds. The summed E-state index contributed by atoms with van der Waals surface area (Å²) in [5, 5.41) is 14.8. The average Bonchev–Trinajstić information content (AvgIpc) is 2.77. The third-order valence-corrected chi connectivity index (χ3v) is 3.93. The zero-order valence-corrected chi connectivity index (χ0v) is 11.8. The Morgan fingerprint density at radius 1 is 1.25 bits per heavy atom. The number of anilines is 1. The Morgan fingerprint density at radius 3 is 2.50 bits per heavy atom. The summed E-state index contributed by atoms with van der Waals surface area (Å²) in [5.41, 5.74) is 1.15. The van der Waals surface area contributed by atoms with Crippen LogP contribution in [0.5, 0.6) is 0 Å². The molecule has 0 unspecified atom stereocenters. The van der Waals surface area contributed by atoms with Crippen LogP contribution in [-0.2, 0) is 0 Å². The number of nitrogens with one attached hydrogen (secondary N) is 2. The molecule has 0 aromatic heterocycles. The summed E-state index contributed by atoms with van der Waals surface area (Å²) in [7, 11) is 0. The molecule has 0 atom stereocenters. The van der Waals surface area contributed by atoms with Gasteiger partial charge in [0.2, 0.25) is 0 Å². The van der Waals surface area contributed by atoms with Crippen molar-refractivity contribution < 1.29 is 14.7 Å². The van der Waals surface area contributed by atoms with E-state index in [0.717, 1.165) is 25.7 Å². The molecule has 5 nitrogen and oxygen atoms in total. The molecule has 1 aromatic rings. The third kappa shape index (κ3) is 3.10. The highest BCUT2D eigenvalue weighted by Gasteiger charge is 2.30. The summed E-state index contributed by atoms with van der Waals surface area (Å²) < 4.78 is 0. The number of carbonyl (C=O) groups is 2. The second-order valence-corrected chi connectivity index (χ2v) is 5.63. The minimum atomic E-state index is -0.991. The van der Waals surface area contributed by atoms with Gasteiger partial charge in [-0.1, -0.05) is 18.9 Å². The van der Waals surface area contributed by atoms with Crippen molar-refractivity contribution in [3.8, 4) is 0 Å². The number of rotatable bonds is 3. The molecule has 1 aliphatic rings. The highest BCUT2D eigenvalue weighted by Crippen LogP contribution is 2.29. The second-order valence-electron chi connectivity index (χ2n) is 5.63. The van der Waals surface area contributed by atoms with Crippen LogP contribution in [0.2, 0.25) is 0 Å². The zero-order valence-electron chi connectivity index (χ0n) is 11.8. The Kier molecular flexibility index (Phi) is 3.97. The van der Waals surface area contributed by atoms with E-state index in [2.05, 4.69) is 10.6 Å². The van der Waals surface area contributed by atoms with Crippen LogP contribution in [0.3, 0.4) is 0 Å². The molecule has 1 fully saturated rings. The molecule has 1 aromatic carbocycles. The van der Waals surface area contributed by atoms with E-state index in [1.54, 1.807) is 19.1 Å². The second kappa shape index (κ2) is 5.53. The highest BCUT2D eigenvalue weighted by molar-refractivity contribution is 5.95. The monoisotopic (exact) mass is 276 g/mol. The van der Waals surface area contributed by atoms with Crippen LogP contribution >= 0.6 is 0 Å². The minimum Gasteiger partial charge on any atom is -0.478 e. The van der Waals surface area contributed by atoms with Crippen molar-refractivity contribution in [3.63, 3.8) is 0 Å². The van der Waals surface area contributed by atoms with Gasteiger partial charge in [-0.15, -0.1) is 0 Å². The first-order valence-corrected chi connectivity index (χ1v) is 6.83. The van der Waals surface area contributed by atoms with E-state index in [1.807, 2.05) is 6.92 Å². The number of hydrogen-bond acceptors (Lipinski definition) is 2. The lowest BCUT2D eigenvalue weighted by Crippen LogP contribution is -2.45. The maximum absolute atomic E-state index is 12.0. The molecular weight excluding hydrogens is 256 g/mol. The summed E-state index contributed by atoms with van der Waals surface area (Å²) in [6.45, 7) is 3.73. The number of hydrogen-bond donors (Lipinski definition) is 3. The van der Waals surface area contributed by atoms with Crippen LogP contribution in [0.25, 0.3) is 0 Å². The zero-order chi connectivity index (χ0) is 14.8. The molecule has 0 aliphatic heterocycles. The highest BCUT2D eigenvalue weighted by atomic mass is 16.4. The molecule has 3 N–H and O–H groups in total. The summed E-state index contributed by atoms with van der Waals surface area (Å²) in [6, 6.07) is 4.58. The van der Waals surface area contributed by atoms with E-state index in [0.29, 0.717) is 11.3 Å². The quantitative estimate of drug-likeness (QED) is 0.793. The topological polar surface area (TPSA) is 78.4 Å². The van der Waals surface area contributed by atoms with Gasteiger partial charge in [-0.25, -0.2) is 9.59 Å². The Morgan fingerprint density at radius 2 is 1.90 bits per heavy atom. The predicted molar refractivity (Wildman–Crippen MR) is 77.2 cm³/mol. The maximum atomic E-state index is 12.0. The fourth-order valence-corrected chi connectivity index (χ4v) is 2.71. The molecule has 1 saturated carbocycles. The molecule has 20 heavy (non-hydrogen) atoms. The fraction of sp³-hybridized carbons (Fsp3) is 0.467. The number of carboxylic acid groups (broad SMARTS) is 1. The Labute approximate surface area is 118 Å². The van der Waals surface area contributed by atoms with Crippen LogP contribution in [0.15, 0.2) is 18.2 Å². The lowest BCUT2D eigenvalue weighted by Gasteiger charge is -2.25. The minimum absolute atomic E-state index is 0.150. The normalized spacial score (nSPS) is 16.7. The van der Waals surface area contributed by atoms with Crippen molar-refractivity contribution in [1.82, 2.24) is 5.32 Å². The molecule has 0 heterocycles. The van der Waals surface area contributed by atoms with E-state index in [1.165, 1.54) is 6.07 Å². The van der Waals surface area contributed by atoms with E-state index >= 15 is 0 Å². The Balaban J connectivity index is 2.08. The third-order valence-electron chi connectivity index (χ3n) is 3.93. The predicted octanol–water partition coefficient (Wildman–Crippen LogP) is 3.15. The smallest absolute Gasteiger partial charge is 0.336 e. The van der Waals surface area contributed by atoms with Gasteiger partial charge < -0.3 is 15.7 Å². The number of aromatic carboxylic acids is 1. The van der Waals surface area contributed by atoms with E-state index < -0.39 is 5.97 Å². The van der Waals surface area contributed by atoms with Crippen molar-refractivity contribution in [2.45, 2.75) is 45.1 Å². The molecule has 0 saturated heterocycles. The molecule has 108 valence electrons. The van der Waals surface area contributed by atoms with Gasteiger partial charge in [0.1, 0.15) is 0 Å². The van der Waals surface area contributed by atoms with Crippen molar-refractivity contribution in [1.29, 1.82) is 0 Å². The average molecular weight is 276 g/mol. The van der Waals surface area contributed by atoms with E-state index in [-0.39, 0.29) is 17.1 Å². The summed E-state index contributed by atoms with van der Waals surface area (Å²) in [6.07, 6.45) is 4.22. The Bertz CT molecular complexity index is 534. The summed E-state index contributed by atoms with van der Waals surface area (Å²) in [4.78, 5) is 23.1. The molecule has 0 radical (unpaired) electrons. The molecule has 2 rings (SSSR count). The van der Waals surface area contributed by atoms with Crippen molar-refractivity contribution in [2.75, 3.05) is 5.32 Å².